The van der Waals surface area contributed by atoms with Gasteiger partial charge in [-0.15, -0.1) is 0 Å². The minimum atomic E-state index is 0.126. The first kappa shape index (κ1) is 9.41. The molecule has 0 bridgehead atoms. The number of rotatable bonds is 4. The highest BCUT2D eigenvalue weighted by Crippen LogP contribution is 2.14. The number of hydrogen-bond acceptors (Lipinski definition) is 1. The van der Waals surface area contributed by atoms with Crippen molar-refractivity contribution in [1.82, 2.24) is 0 Å². The van der Waals surface area contributed by atoms with Crippen molar-refractivity contribution >= 4 is 5.78 Å². The molecule has 0 heterocycles. The number of ketones is 1. The van der Waals surface area contributed by atoms with E-state index in [1.54, 1.807) is 6.92 Å². The third kappa shape index (κ3) is 2.81. The highest BCUT2D eigenvalue weighted by molar-refractivity contribution is 5.92. The highest BCUT2D eigenvalue weighted by atomic mass is 16.1. The zero-order chi connectivity index (χ0) is 8.15. The molecule has 0 rings (SSSR count). The monoisotopic (exact) mass is 140 g/mol. The summed E-state index contributed by atoms with van der Waals surface area (Å²) in [5, 5.41) is 0. The third-order valence-electron chi connectivity index (χ3n) is 1.77. The molecule has 0 saturated carbocycles. The van der Waals surface area contributed by atoms with Gasteiger partial charge in [-0.25, -0.2) is 0 Å². The van der Waals surface area contributed by atoms with Crippen molar-refractivity contribution in [1.29, 1.82) is 0 Å². The Hall–Kier alpha value is -0.590. The minimum absolute atomic E-state index is 0.126. The fraction of sp³-hybridized carbons (Fsp3) is 0.667. The van der Waals surface area contributed by atoms with Crippen LogP contribution in [0.1, 0.15) is 33.6 Å². The molecule has 58 valence electrons. The van der Waals surface area contributed by atoms with E-state index in [9.17, 15) is 4.79 Å². The zero-order valence-electron chi connectivity index (χ0n) is 7.11. The maximum absolute atomic E-state index is 10.8. The van der Waals surface area contributed by atoms with Crippen LogP contribution in [-0.4, -0.2) is 5.78 Å². The largest absolute Gasteiger partial charge is 0.295 e. The molecule has 0 aliphatic heterocycles. The van der Waals surface area contributed by atoms with Gasteiger partial charge in [-0.05, 0) is 24.8 Å². The molecule has 10 heavy (non-hydrogen) atoms. The molecule has 0 radical (unpaired) electrons. The van der Waals surface area contributed by atoms with E-state index in [1.165, 1.54) is 0 Å². The summed E-state index contributed by atoms with van der Waals surface area (Å²) < 4.78 is 0. The van der Waals surface area contributed by atoms with Crippen LogP contribution in [0.2, 0.25) is 0 Å². The van der Waals surface area contributed by atoms with Crippen LogP contribution in [0.25, 0.3) is 0 Å². The summed E-state index contributed by atoms with van der Waals surface area (Å²) in [7, 11) is 0. The quantitative estimate of drug-likeness (QED) is 0.548. The Morgan fingerprint density at radius 3 is 2.40 bits per heavy atom. The standard InChI is InChI=1S/C9H16O/c1-5-6-7(2)8(3)9(4)10/h7H,3,5-6H2,1-2,4H3. The Kier molecular flexibility index (Phi) is 4.01. The smallest absolute Gasteiger partial charge is 0.155 e. The first-order valence-electron chi connectivity index (χ1n) is 3.79. The molecule has 0 aromatic carbocycles. The Bertz CT molecular complexity index is 136. The van der Waals surface area contributed by atoms with Crippen LogP contribution >= 0.6 is 0 Å². The lowest BCUT2D eigenvalue weighted by molar-refractivity contribution is -0.114. The Morgan fingerprint density at radius 1 is 1.60 bits per heavy atom. The lowest BCUT2D eigenvalue weighted by Crippen LogP contribution is -2.05. The van der Waals surface area contributed by atoms with Crippen molar-refractivity contribution < 1.29 is 4.79 Å². The molecule has 0 N–H and O–H groups in total. The van der Waals surface area contributed by atoms with E-state index in [0.29, 0.717) is 5.92 Å². The van der Waals surface area contributed by atoms with Crippen LogP contribution in [0.4, 0.5) is 0 Å². The Labute approximate surface area is 63.1 Å². The van der Waals surface area contributed by atoms with Gasteiger partial charge in [0.1, 0.15) is 0 Å². The molecule has 0 aliphatic carbocycles. The highest BCUT2D eigenvalue weighted by Gasteiger charge is 2.08. The number of carbonyl (C=O) groups excluding carboxylic acids is 1. The van der Waals surface area contributed by atoms with Crippen molar-refractivity contribution in [3.8, 4) is 0 Å². The van der Waals surface area contributed by atoms with Gasteiger partial charge < -0.3 is 0 Å². The predicted octanol–water partition coefficient (Wildman–Crippen LogP) is 2.57. The van der Waals surface area contributed by atoms with Crippen LogP contribution in [-0.2, 0) is 4.79 Å². The number of Topliss-reactive ketones (excluding diaryl/α,β-unsaturated/α-hetero) is 1. The van der Waals surface area contributed by atoms with Crippen LogP contribution in [0.3, 0.4) is 0 Å². The molecule has 1 atom stereocenters. The van der Waals surface area contributed by atoms with Crippen LogP contribution in [0, 0.1) is 5.92 Å². The van der Waals surface area contributed by atoms with E-state index >= 15 is 0 Å². The maximum atomic E-state index is 10.8. The molecular weight excluding hydrogens is 124 g/mol. The average Bonchev–Trinajstić information content (AvgIpc) is 1.87. The molecular formula is C9H16O. The third-order valence-corrected chi connectivity index (χ3v) is 1.77. The minimum Gasteiger partial charge on any atom is -0.295 e. The van der Waals surface area contributed by atoms with Gasteiger partial charge >= 0.3 is 0 Å². The van der Waals surface area contributed by atoms with E-state index in [1.807, 2.05) is 6.92 Å². The van der Waals surface area contributed by atoms with Crippen LogP contribution in [0.15, 0.2) is 12.2 Å². The summed E-state index contributed by atoms with van der Waals surface area (Å²) in [5.41, 5.74) is 0.766. The molecule has 0 aromatic rings. The summed E-state index contributed by atoms with van der Waals surface area (Å²) in [6.45, 7) is 9.46. The summed E-state index contributed by atoms with van der Waals surface area (Å²) in [6, 6.07) is 0. The van der Waals surface area contributed by atoms with E-state index in [-0.39, 0.29) is 5.78 Å². The number of hydrogen-bond donors (Lipinski definition) is 0. The first-order valence-corrected chi connectivity index (χ1v) is 3.79. The normalized spacial score (nSPS) is 12.7. The van der Waals surface area contributed by atoms with Crippen LogP contribution in [0.5, 0.6) is 0 Å². The second kappa shape index (κ2) is 4.26. The molecule has 0 fully saturated rings. The van der Waals surface area contributed by atoms with Crippen LogP contribution < -0.4 is 0 Å². The van der Waals surface area contributed by atoms with Crippen molar-refractivity contribution in [3.63, 3.8) is 0 Å². The second-order valence-electron chi connectivity index (χ2n) is 2.77. The maximum Gasteiger partial charge on any atom is 0.155 e. The van der Waals surface area contributed by atoms with Gasteiger partial charge in [-0.1, -0.05) is 26.8 Å². The van der Waals surface area contributed by atoms with Gasteiger partial charge in [0.05, 0.1) is 0 Å². The molecule has 0 spiro atoms. The van der Waals surface area contributed by atoms with Gasteiger partial charge in [0, 0.05) is 0 Å². The van der Waals surface area contributed by atoms with Crippen molar-refractivity contribution in [2.45, 2.75) is 33.6 Å². The fourth-order valence-electron chi connectivity index (χ4n) is 0.954. The van der Waals surface area contributed by atoms with E-state index in [4.69, 9.17) is 0 Å². The summed E-state index contributed by atoms with van der Waals surface area (Å²) in [4.78, 5) is 10.8. The van der Waals surface area contributed by atoms with Gasteiger partial charge in [-0.2, -0.15) is 0 Å². The van der Waals surface area contributed by atoms with Gasteiger partial charge in [0.2, 0.25) is 0 Å². The summed E-state index contributed by atoms with van der Waals surface area (Å²) in [6.07, 6.45) is 2.19. The van der Waals surface area contributed by atoms with E-state index in [0.717, 1.165) is 18.4 Å². The summed E-state index contributed by atoms with van der Waals surface area (Å²) in [5.74, 6) is 0.489. The first-order chi connectivity index (χ1) is 4.59. The molecule has 1 unspecified atom stereocenters. The summed E-state index contributed by atoms with van der Waals surface area (Å²) >= 11 is 0. The van der Waals surface area contributed by atoms with Gasteiger partial charge in [0.15, 0.2) is 5.78 Å². The lowest BCUT2D eigenvalue weighted by atomic mass is 9.95. The fourth-order valence-corrected chi connectivity index (χ4v) is 0.954. The molecule has 1 nitrogen and oxygen atoms in total. The molecule has 0 aromatic heterocycles. The molecule has 1 heteroatoms. The van der Waals surface area contributed by atoms with E-state index < -0.39 is 0 Å². The SMILES string of the molecule is C=C(C(C)=O)C(C)CCC. The molecule has 0 aliphatic rings. The predicted molar refractivity (Wildman–Crippen MR) is 43.9 cm³/mol. The Balaban J connectivity index is 3.82. The van der Waals surface area contributed by atoms with Crippen molar-refractivity contribution in [3.05, 3.63) is 12.2 Å². The average molecular weight is 140 g/mol. The number of carbonyl (C=O) groups is 1. The Morgan fingerprint density at radius 2 is 2.10 bits per heavy atom. The zero-order valence-corrected chi connectivity index (χ0v) is 7.11. The molecule has 0 amide bonds. The second-order valence-corrected chi connectivity index (χ2v) is 2.77. The van der Waals surface area contributed by atoms with E-state index in [2.05, 4.69) is 13.5 Å². The van der Waals surface area contributed by atoms with Crippen molar-refractivity contribution in [2.24, 2.45) is 5.92 Å². The van der Waals surface area contributed by atoms with Gasteiger partial charge in [0.25, 0.3) is 0 Å². The van der Waals surface area contributed by atoms with Crippen molar-refractivity contribution in [2.75, 3.05) is 0 Å². The topological polar surface area (TPSA) is 17.1 Å². The lowest BCUT2D eigenvalue weighted by Gasteiger charge is -2.09. The van der Waals surface area contributed by atoms with Gasteiger partial charge in [-0.3, -0.25) is 4.79 Å². The molecule has 0 saturated heterocycles. The number of allylic oxidation sites excluding steroid dienone is 1.